The molecular formula is C38H38N2O16. The van der Waals surface area contributed by atoms with Crippen LogP contribution in [0, 0.1) is 0 Å². The van der Waals surface area contributed by atoms with Crippen molar-refractivity contribution in [3.63, 3.8) is 0 Å². The third-order valence-electron chi connectivity index (χ3n) is 11.2. The summed E-state index contributed by atoms with van der Waals surface area (Å²) >= 11 is 0. The first-order chi connectivity index (χ1) is 26.8. The van der Waals surface area contributed by atoms with Gasteiger partial charge in [-0.15, -0.1) is 0 Å². The van der Waals surface area contributed by atoms with Crippen molar-refractivity contribution in [3.8, 4) is 17.2 Å². The Hall–Kier alpha value is -4.92. The van der Waals surface area contributed by atoms with E-state index in [-0.39, 0.29) is 40.5 Å². The largest absolute Gasteiger partial charge is 0.507 e. The van der Waals surface area contributed by atoms with Crippen molar-refractivity contribution in [2.45, 2.75) is 74.9 Å². The van der Waals surface area contributed by atoms with Crippen LogP contribution in [0.15, 0.2) is 30.4 Å². The van der Waals surface area contributed by atoms with Gasteiger partial charge < -0.3 is 48.8 Å². The summed E-state index contributed by atoms with van der Waals surface area (Å²) in [5, 5.41) is 45.2. The number of fused-ring (bicyclic) bond motifs is 6. The summed E-state index contributed by atoms with van der Waals surface area (Å²) in [4.78, 5) is 80.8. The Morgan fingerprint density at radius 3 is 2.45 bits per heavy atom. The van der Waals surface area contributed by atoms with Gasteiger partial charge in [0.25, 0.3) is 11.8 Å². The number of aliphatic hydroxyl groups is 2. The number of hydrogen-bond acceptors (Lipinski definition) is 17. The number of aliphatic hydroxyl groups excluding tert-OH is 1. The van der Waals surface area contributed by atoms with Crippen molar-refractivity contribution in [1.82, 2.24) is 9.80 Å². The van der Waals surface area contributed by atoms with Gasteiger partial charge in [0, 0.05) is 67.8 Å². The van der Waals surface area contributed by atoms with Gasteiger partial charge in [0.1, 0.15) is 42.2 Å². The monoisotopic (exact) mass is 778 g/mol. The molecule has 4 aliphatic heterocycles. The zero-order valence-corrected chi connectivity index (χ0v) is 30.2. The Labute approximate surface area is 318 Å². The SMILES string of the molecule is CO[C@H]1OCCN2[C@@H]1O[C@@H]1[C@H](C)O[C@@H](O[C@H]3C[C@](O)(C(=O)CO)Cc4c(O)c5c(c(O)c43)C(=O)c3c(OCC(=O)CN4C(=O)C=CC4=O)cccc3C5=O)C[C@@H]12. The van der Waals surface area contributed by atoms with Crippen molar-refractivity contribution in [1.29, 1.82) is 0 Å². The third kappa shape index (κ3) is 6.04. The van der Waals surface area contributed by atoms with Crippen LogP contribution in [0.4, 0.5) is 0 Å². The highest BCUT2D eigenvalue weighted by molar-refractivity contribution is 6.31. The number of nitrogens with zero attached hydrogens (tertiary/aromatic N) is 2. The van der Waals surface area contributed by atoms with E-state index in [1.54, 1.807) is 6.92 Å². The molecule has 56 heavy (non-hydrogen) atoms. The lowest BCUT2D eigenvalue weighted by molar-refractivity contribution is -0.256. The first kappa shape index (κ1) is 38.0. The fraction of sp³-hybridized carbons (Fsp3) is 0.474. The number of ketones is 4. The van der Waals surface area contributed by atoms with Crippen LogP contribution in [0.5, 0.6) is 17.2 Å². The van der Waals surface area contributed by atoms with Gasteiger partial charge >= 0.3 is 0 Å². The number of ether oxygens (including phenoxy) is 6. The summed E-state index contributed by atoms with van der Waals surface area (Å²) in [6, 6.07) is 3.72. The molecule has 2 aliphatic carbocycles. The zero-order chi connectivity index (χ0) is 39.8. The van der Waals surface area contributed by atoms with E-state index >= 15 is 0 Å². The van der Waals surface area contributed by atoms with Crippen LogP contribution in [-0.4, -0.2) is 148 Å². The molecule has 3 saturated heterocycles. The van der Waals surface area contributed by atoms with Crippen LogP contribution in [0.2, 0.25) is 0 Å². The number of carbonyl (C=O) groups is 6. The topological polar surface area (TPSA) is 245 Å². The molecule has 0 aromatic heterocycles. The molecule has 8 rings (SSSR count). The summed E-state index contributed by atoms with van der Waals surface area (Å²) in [5.74, 6) is -6.67. The highest BCUT2D eigenvalue weighted by atomic mass is 16.7. The van der Waals surface area contributed by atoms with Crippen LogP contribution < -0.4 is 4.74 Å². The number of benzene rings is 2. The van der Waals surface area contributed by atoms with Crippen molar-refractivity contribution in [2.24, 2.45) is 0 Å². The van der Waals surface area contributed by atoms with Gasteiger partial charge in [0.2, 0.25) is 5.78 Å². The average Bonchev–Trinajstić information content (AvgIpc) is 3.72. The molecule has 0 spiro atoms. The van der Waals surface area contributed by atoms with Crippen LogP contribution in [0.1, 0.15) is 68.8 Å². The van der Waals surface area contributed by atoms with Gasteiger partial charge in [-0.05, 0) is 13.0 Å². The van der Waals surface area contributed by atoms with Crippen LogP contribution in [-0.2, 0) is 49.3 Å². The van der Waals surface area contributed by atoms with Gasteiger partial charge in [-0.1, -0.05) is 12.1 Å². The Bertz CT molecular complexity index is 2080. The first-order valence-electron chi connectivity index (χ1n) is 18.0. The van der Waals surface area contributed by atoms with Crippen molar-refractivity contribution >= 4 is 34.9 Å². The third-order valence-corrected chi connectivity index (χ3v) is 11.2. The Morgan fingerprint density at radius 1 is 1.00 bits per heavy atom. The Balaban J connectivity index is 1.13. The van der Waals surface area contributed by atoms with Crippen molar-refractivity contribution in [2.75, 3.05) is 40.0 Å². The number of morpholine rings is 1. The molecule has 0 unspecified atom stereocenters. The van der Waals surface area contributed by atoms with Gasteiger partial charge in [-0.2, -0.15) is 0 Å². The fourth-order valence-corrected chi connectivity index (χ4v) is 8.61. The predicted molar refractivity (Wildman–Crippen MR) is 183 cm³/mol. The molecule has 4 heterocycles. The number of phenols is 2. The standard InChI is InChI=1S/C38H38N2O16/c1-16-35-20(39-8-9-52-37(51-2)36(39)56-35)10-26(54-16)55-22-12-38(50,23(43)14-41)11-19-28(22)34(49)30-29(32(19)47)31(46)18-4-3-5-21(27(18)33(30)48)53-15-17(42)13-40-24(44)6-7-25(40)45/h3-7,16,20,22,26,35-37,41,47,49-50H,8-15H2,1-2H3/t16-,20-,22-,26-,35+,36+,37-,38-/m0/s1. The van der Waals surface area contributed by atoms with E-state index in [0.717, 1.165) is 12.2 Å². The maximum absolute atomic E-state index is 14.3. The highest BCUT2D eigenvalue weighted by Crippen LogP contribution is 2.53. The van der Waals surface area contributed by atoms with E-state index in [0.29, 0.717) is 18.1 Å². The average molecular weight is 779 g/mol. The van der Waals surface area contributed by atoms with Crippen LogP contribution in [0.3, 0.4) is 0 Å². The summed E-state index contributed by atoms with van der Waals surface area (Å²) in [5.41, 5.74) is -4.50. The molecule has 2 aromatic carbocycles. The second kappa shape index (κ2) is 14.2. The summed E-state index contributed by atoms with van der Waals surface area (Å²) in [7, 11) is 1.51. The van der Waals surface area contributed by atoms with Gasteiger partial charge in [0.15, 0.2) is 36.2 Å². The number of hydrogen-bond donors (Lipinski definition) is 4. The second-order valence-corrected chi connectivity index (χ2v) is 14.5. The normalized spacial score (nSPS) is 30.8. The lowest BCUT2D eigenvalue weighted by atomic mass is 9.72. The number of amides is 2. The van der Waals surface area contributed by atoms with E-state index in [2.05, 4.69) is 4.90 Å². The van der Waals surface area contributed by atoms with Crippen molar-refractivity contribution < 1.29 is 77.6 Å². The number of carbonyl (C=O) groups excluding carboxylic acids is 6. The highest BCUT2D eigenvalue weighted by Gasteiger charge is 2.55. The number of imide groups is 1. The molecule has 0 radical (unpaired) electrons. The van der Waals surface area contributed by atoms with E-state index in [1.807, 2.05) is 0 Å². The molecule has 8 atom stereocenters. The Kier molecular flexibility index (Phi) is 9.65. The molecule has 296 valence electrons. The van der Waals surface area contributed by atoms with Crippen LogP contribution in [0.25, 0.3) is 0 Å². The minimum Gasteiger partial charge on any atom is -0.507 e. The number of phenolic OH excluding ortho intramolecular Hbond substituents is 2. The zero-order valence-electron chi connectivity index (χ0n) is 30.2. The molecule has 0 bridgehead atoms. The first-order valence-corrected chi connectivity index (χ1v) is 18.0. The molecule has 18 nitrogen and oxygen atoms in total. The molecule has 2 amide bonds. The number of Topliss-reactive ketones (excluding diaryl/α,β-unsaturated/α-hetero) is 2. The summed E-state index contributed by atoms with van der Waals surface area (Å²) in [6.45, 7) is 0.332. The van der Waals surface area contributed by atoms with Gasteiger partial charge in [-0.3, -0.25) is 38.6 Å². The van der Waals surface area contributed by atoms with E-state index in [9.17, 15) is 49.2 Å². The van der Waals surface area contributed by atoms with E-state index < -0.39 is 133 Å². The maximum atomic E-state index is 14.3. The molecule has 3 fully saturated rings. The number of aromatic hydroxyl groups is 2. The maximum Gasteiger partial charge on any atom is 0.254 e. The predicted octanol–water partition coefficient (Wildman–Crippen LogP) is -0.424. The number of rotatable bonds is 10. The smallest absolute Gasteiger partial charge is 0.254 e. The van der Waals surface area contributed by atoms with Crippen molar-refractivity contribution in [3.05, 3.63) is 63.7 Å². The lowest BCUT2D eigenvalue weighted by Crippen LogP contribution is -2.55. The van der Waals surface area contributed by atoms with E-state index in [1.165, 1.54) is 25.3 Å². The van der Waals surface area contributed by atoms with Gasteiger partial charge in [-0.25, -0.2) is 0 Å². The molecule has 2 aromatic rings. The fourth-order valence-electron chi connectivity index (χ4n) is 8.61. The Morgan fingerprint density at radius 2 is 1.73 bits per heavy atom. The molecule has 4 N–H and O–H groups in total. The quantitative estimate of drug-likeness (QED) is 0.151. The minimum atomic E-state index is -2.32. The lowest BCUT2D eigenvalue weighted by Gasteiger charge is -2.43. The molecule has 0 saturated carbocycles. The molecular weight excluding hydrogens is 740 g/mol. The number of methoxy groups -OCH3 is 1. The molecule has 18 heteroatoms. The molecule has 6 aliphatic rings. The minimum absolute atomic E-state index is 0.173. The summed E-state index contributed by atoms with van der Waals surface area (Å²) < 4.78 is 35.7. The van der Waals surface area contributed by atoms with Crippen LogP contribution >= 0.6 is 0 Å². The summed E-state index contributed by atoms with van der Waals surface area (Å²) in [6.07, 6.45) is -3.44. The second-order valence-electron chi connectivity index (χ2n) is 14.5. The van der Waals surface area contributed by atoms with Gasteiger partial charge in [0.05, 0.1) is 42.0 Å². The van der Waals surface area contributed by atoms with E-state index in [4.69, 9.17) is 28.4 Å².